The number of carbonyl (C=O) groups excluding carboxylic acids is 1. The molecule has 0 saturated carbocycles. The molecule has 124 valence electrons. The van der Waals surface area contributed by atoms with E-state index in [1.165, 1.54) is 31.2 Å². The maximum Gasteiger partial charge on any atom is 0.277 e. The number of carbonyl (C=O) groups is 1. The predicted octanol–water partition coefficient (Wildman–Crippen LogP) is 0.717. The van der Waals surface area contributed by atoms with Crippen molar-refractivity contribution in [3.8, 4) is 0 Å². The highest BCUT2D eigenvalue weighted by Crippen LogP contribution is 2.14. The standard InChI is InChI=1S/C12H16ClF2N3O3S/c1-8(11(19)17-7-12(14,15)6-16)18-22(20,21)10-4-2-9(13)3-5-10/h2-5,8,18H,6-7,16H2,1H3,(H,17,19). The summed E-state index contributed by atoms with van der Waals surface area (Å²) in [5.41, 5.74) is 4.83. The van der Waals surface area contributed by atoms with Crippen LogP contribution in [0, 0.1) is 0 Å². The summed E-state index contributed by atoms with van der Waals surface area (Å²) in [5.74, 6) is -4.13. The van der Waals surface area contributed by atoms with Crippen LogP contribution in [0.15, 0.2) is 29.2 Å². The summed E-state index contributed by atoms with van der Waals surface area (Å²) in [6, 6.07) is 4.05. The normalized spacial score (nSPS) is 13.7. The summed E-state index contributed by atoms with van der Waals surface area (Å²) >= 11 is 5.66. The second-order valence-corrected chi connectivity index (χ2v) is 6.73. The number of benzene rings is 1. The van der Waals surface area contributed by atoms with Crippen molar-refractivity contribution in [3.63, 3.8) is 0 Å². The van der Waals surface area contributed by atoms with E-state index in [4.69, 9.17) is 17.3 Å². The first kappa shape index (κ1) is 18.8. The fourth-order valence-corrected chi connectivity index (χ4v) is 2.74. The molecular weight excluding hydrogens is 340 g/mol. The minimum absolute atomic E-state index is 0.0937. The summed E-state index contributed by atoms with van der Waals surface area (Å²) < 4.78 is 52.0. The van der Waals surface area contributed by atoms with Crippen molar-refractivity contribution in [2.24, 2.45) is 5.73 Å². The third kappa shape index (κ3) is 5.48. The van der Waals surface area contributed by atoms with Gasteiger partial charge in [0, 0.05) is 5.02 Å². The maximum atomic E-state index is 12.9. The molecule has 4 N–H and O–H groups in total. The number of hydrogen-bond donors (Lipinski definition) is 3. The third-order valence-electron chi connectivity index (χ3n) is 2.67. The van der Waals surface area contributed by atoms with Crippen molar-refractivity contribution in [2.45, 2.75) is 23.8 Å². The van der Waals surface area contributed by atoms with Crippen LogP contribution in [0.5, 0.6) is 0 Å². The Balaban J connectivity index is 2.68. The summed E-state index contributed by atoms with van der Waals surface area (Å²) in [6.45, 7) is -0.642. The molecule has 6 nitrogen and oxygen atoms in total. The molecule has 0 aliphatic rings. The van der Waals surface area contributed by atoms with Crippen LogP contribution in [-0.4, -0.2) is 39.4 Å². The molecule has 0 spiro atoms. The Morgan fingerprint density at radius 3 is 2.41 bits per heavy atom. The second kappa shape index (κ2) is 7.32. The molecule has 0 radical (unpaired) electrons. The highest BCUT2D eigenvalue weighted by Gasteiger charge is 2.29. The van der Waals surface area contributed by atoms with Gasteiger partial charge in [-0.25, -0.2) is 17.2 Å². The topological polar surface area (TPSA) is 101 Å². The van der Waals surface area contributed by atoms with E-state index in [0.29, 0.717) is 5.02 Å². The number of hydrogen-bond acceptors (Lipinski definition) is 4. The highest BCUT2D eigenvalue weighted by atomic mass is 35.5. The number of nitrogens with one attached hydrogen (secondary N) is 2. The van der Waals surface area contributed by atoms with Crippen LogP contribution in [0.25, 0.3) is 0 Å². The minimum Gasteiger partial charge on any atom is -0.349 e. The van der Waals surface area contributed by atoms with E-state index < -0.39 is 41.0 Å². The van der Waals surface area contributed by atoms with Crippen LogP contribution in [0.3, 0.4) is 0 Å². The Hall–Kier alpha value is -1.29. The SMILES string of the molecule is CC(NS(=O)(=O)c1ccc(Cl)cc1)C(=O)NCC(F)(F)CN. The largest absolute Gasteiger partial charge is 0.349 e. The molecule has 0 saturated heterocycles. The van der Waals surface area contributed by atoms with Crippen molar-refractivity contribution >= 4 is 27.5 Å². The van der Waals surface area contributed by atoms with Gasteiger partial charge >= 0.3 is 0 Å². The van der Waals surface area contributed by atoms with E-state index in [2.05, 4.69) is 4.72 Å². The first-order valence-electron chi connectivity index (χ1n) is 6.21. The first-order valence-corrected chi connectivity index (χ1v) is 8.07. The lowest BCUT2D eigenvalue weighted by atomic mass is 10.3. The Morgan fingerprint density at radius 2 is 1.91 bits per heavy atom. The number of rotatable bonds is 7. The molecule has 0 fully saturated rings. The molecule has 0 aliphatic carbocycles. The van der Waals surface area contributed by atoms with Gasteiger partial charge in [0.15, 0.2) is 0 Å². The van der Waals surface area contributed by atoms with Gasteiger partial charge < -0.3 is 11.1 Å². The van der Waals surface area contributed by atoms with Crippen molar-refractivity contribution < 1.29 is 22.0 Å². The van der Waals surface area contributed by atoms with Gasteiger partial charge in [-0.3, -0.25) is 4.79 Å². The molecule has 1 rings (SSSR count). The summed E-state index contributed by atoms with van der Waals surface area (Å²) in [6.07, 6.45) is 0. The Kier molecular flexibility index (Phi) is 6.24. The fraction of sp³-hybridized carbons (Fsp3) is 0.417. The quantitative estimate of drug-likeness (QED) is 0.670. The maximum absolute atomic E-state index is 12.9. The van der Waals surface area contributed by atoms with E-state index in [-0.39, 0.29) is 4.90 Å². The molecule has 1 amide bonds. The van der Waals surface area contributed by atoms with Crippen molar-refractivity contribution in [1.29, 1.82) is 0 Å². The van der Waals surface area contributed by atoms with E-state index >= 15 is 0 Å². The van der Waals surface area contributed by atoms with Crippen LogP contribution in [0.2, 0.25) is 5.02 Å². The number of halogens is 3. The lowest BCUT2D eigenvalue weighted by Crippen LogP contribution is -2.49. The summed E-state index contributed by atoms with van der Waals surface area (Å²) in [7, 11) is -3.96. The number of nitrogens with two attached hydrogens (primary N) is 1. The van der Waals surface area contributed by atoms with Crippen molar-refractivity contribution in [1.82, 2.24) is 10.0 Å². The molecule has 22 heavy (non-hydrogen) atoms. The van der Waals surface area contributed by atoms with Gasteiger partial charge in [0.05, 0.1) is 24.0 Å². The van der Waals surface area contributed by atoms with E-state index in [0.717, 1.165) is 0 Å². The number of amides is 1. The van der Waals surface area contributed by atoms with E-state index in [1.807, 2.05) is 5.32 Å². The van der Waals surface area contributed by atoms with Crippen LogP contribution < -0.4 is 15.8 Å². The molecular formula is C12H16ClF2N3O3S. The van der Waals surface area contributed by atoms with Gasteiger partial charge in [0.1, 0.15) is 0 Å². The van der Waals surface area contributed by atoms with Gasteiger partial charge in [-0.05, 0) is 31.2 Å². The van der Waals surface area contributed by atoms with Gasteiger partial charge in [-0.1, -0.05) is 11.6 Å². The lowest BCUT2D eigenvalue weighted by Gasteiger charge is -2.18. The third-order valence-corrected chi connectivity index (χ3v) is 4.48. The molecule has 0 aliphatic heterocycles. The molecule has 1 aromatic carbocycles. The van der Waals surface area contributed by atoms with Gasteiger partial charge in [0.25, 0.3) is 5.92 Å². The number of alkyl halides is 2. The van der Waals surface area contributed by atoms with Gasteiger partial charge in [-0.2, -0.15) is 4.72 Å². The smallest absolute Gasteiger partial charge is 0.277 e. The van der Waals surface area contributed by atoms with E-state index in [9.17, 15) is 22.0 Å². The van der Waals surface area contributed by atoms with Crippen LogP contribution in [0.1, 0.15) is 6.92 Å². The van der Waals surface area contributed by atoms with Gasteiger partial charge in [0.2, 0.25) is 15.9 Å². The molecule has 0 bridgehead atoms. The molecule has 0 heterocycles. The molecule has 1 aromatic rings. The first-order chi connectivity index (χ1) is 10.1. The zero-order chi connectivity index (χ0) is 17.0. The average Bonchev–Trinajstić information content (AvgIpc) is 2.44. The van der Waals surface area contributed by atoms with Crippen LogP contribution >= 0.6 is 11.6 Å². The van der Waals surface area contributed by atoms with Crippen molar-refractivity contribution in [3.05, 3.63) is 29.3 Å². The predicted molar refractivity (Wildman–Crippen MR) is 78.2 cm³/mol. The second-order valence-electron chi connectivity index (χ2n) is 4.57. The Morgan fingerprint density at radius 1 is 1.36 bits per heavy atom. The Labute approximate surface area is 132 Å². The highest BCUT2D eigenvalue weighted by molar-refractivity contribution is 7.89. The molecule has 1 unspecified atom stereocenters. The minimum atomic E-state index is -3.96. The van der Waals surface area contributed by atoms with Gasteiger partial charge in [-0.15, -0.1) is 0 Å². The van der Waals surface area contributed by atoms with E-state index in [1.54, 1.807) is 0 Å². The Bertz CT molecular complexity index is 623. The van der Waals surface area contributed by atoms with Crippen LogP contribution in [-0.2, 0) is 14.8 Å². The summed E-state index contributed by atoms with van der Waals surface area (Å²) in [4.78, 5) is 11.5. The monoisotopic (exact) mass is 355 g/mol. The zero-order valence-corrected chi connectivity index (χ0v) is 13.2. The lowest BCUT2D eigenvalue weighted by molar-refractivity contribution is -0.124. The fourth-order valence-electron chi connectivity index (χ4n) is 1.41. The van der Waals surface area contributed by atoms with Crippen LogP contribution in [0.4, 0.5) is 8.78 Å². The average molecular weight is 356 g/mol. The summed E-state index contributed by atoms with van der Waals surface area (Å²) in [5, 5.41) is 2.30. The molecule has 0 aromatic heterocycles. The van der Waals surface area contributed by atoms with Crippen molar-refractivity contribution in [2.75, 3.05) is 13.1 Å². The zero-order valence-electron chi connectivity index (χ0n) is 11.6. The number of sulfonamides is 1. The molecule has 1 atom stereocenters. The molecule has 10 heteroatoms.